The van der Waals surface area contributed by atoms with E-state index in [0.29, 0.717) is 10.6 Å². The first-order valence-corrected chi connectivity index (χ1v) is 13.4. The predicted molar refractivity (Wildman–Crippen MR) is 147 cm³/mol. The van der Waals surface area contributed by atoms with Crippen LogP contribution in [0.4, 0.5) is 14.5 Å². The SMILES string of the molecule is COc1cc(F)c([C@@H]2CN(c3c(C)ccn(C4CCNCC4)c3=O)C(=O)C2NC(=O)c2ccc(Cl)cc2)c(F)c1. The number of amides is 2. The number of nitrogens with zero attached hydrogens (tertiary/aromatic N) is 2. The van der Waals surface area contributed by atoms with Crippen molar-refractivity contribution in [2.24, 2.45) is 0 Å². The van der Waals surface area contributed by atoms with Crippen LogP contribution in [-0.4, -0.2) is 49.2 Å². The fourth-order valence-corrected chi connectivity index (χ4v) is 5.67. The molecule has 2 fully saturated rings. The Morgan fingerprint density at radius 3 is 2.35 bits per heavy atom. The van der Waals surface area contributed by atoms with Gasteiger partial charge in [0.15, 0.2) is 0 Å². The van der Waals surface area contributed by atoms with Crippen molar-refractivity contribution in [1.82, 2.24) is 15.2 Å². The summed E-state index contributed by atoms with van der Waals surface area (Å²) >= 11 is 5.94. The van der Waals surface area contributed by atoms with Gasteiger partial charge in [0.2, 0.25) is 5.91 Å². The highest BCUT2D eigenvalue weighted by molar-refractivity contribution is 6.30. The van der Waals surface area contributed by atoms with E-state index in [4.69, 9.17) is 16.3 Å². The van der Waals surface area contributed by atoms with Crippen LogP contribution in [0.3, 0.4) is 0 Å². The highest BCUT2D eigenvalue weighted by atomic mass is 35.5. The summed E-state index contributed by atoms with van der Waals surface area (Å²) in [6, 6.07) is 8.45. The van der Waals surface area contributed by atoms with Crippen LogP contribution in [0.5, 0.6) is 5.75 Å². The largest absolute Gasteiger partial charge is 0.497 e. The number of aryl methyl sites for hydroxylation is 1. The fraction of sp³-hybridized carbons (Fsp3) is 0.345. The van der Waals surface area contributed by atoms with E-state index >= 15 is 8.78 Å². The Labute approximate surface area is 234 Å². The minimum Gasteiger partial charge on any atom is -0.497 e. The van der Waals surface area contributed by atoms with E-state index in [1.54, 1.807) is 23.8 Å². The van der Waals surface area contributed by atoms with Gasteiger partial charge in [-0.15, -0.1) is 0 Å². The molecule has 2 N–H and O–H groups in total. The lowest BCUT2D eigenvalue weighted by Crippen LogP contribution is -2.45. The third kappa shape index (κ3) is 5.21. The van der Waals surface area contributed by atoms with Gasteiger partial charge in [0, 0.05) is 53.0 Å². The van der Waals surface area contributed by atoms with Crippen LogP contribution in [0.15, 0.2) is 53.5 Å². The van der Waals surface area contributed by atoms with Gasteiger partial charge < -0.3 is 24.8 Å². The van der Waals surface area contributed by atoms with Crippen LogP contribution in [-0.2, 0) is 4.79 Å². The van der Waals surface area contributed by atoms with Crippen molar-refractivity contribution in [2.45, 2.75) is 37.8 Å². The Bertz CT molecular complexity index is 1480. The molecule has 1 aromatic heterocycles. The van der Waals surface area contributed by atoms with Crippen LogP contribution in [0.2, 0.25) is 5.02 Å². The van der Waals surface area contributed by atoms with Crippen LogP contribution in [0, 0.1) is 18.6 Å². The van der Waals surface area contributed by atoms with Gasteiger partial charge in [0.25, 0.3) is 11.5 Å². The van der Waals surface area contributed by atoms with Crippen molar-refractivity contribution in [3.63, 3.8) is 0 Å². The summed E-state index contributed by atoms with van der Waals surface area (Å²) < 4.78 is 37.2. The maximum Gasteiger partial charge on any atom is 0.275 e. The molecule has 11 heteroatoms. The number of carbonyl (C=O) groups excluding carboxylic acids is 2. The third-order valence-corrected chi connectivity index (χ3v) is 7.89. The summed E-state index contributed by atoms with van der Waals surface area (Å²) in [5, 5.41) is 6.35. The van der Waals surface area contributed by atoms with Crippen molar-refractivity contribution in [3.05, 3.63) is 92.4 Å². The van der Waals surface area contributed by atoms with Crippen molar-refractivity contribution in [3.8, 4) is 5.75 Å². The average Bonchev–Trinajstić information content (AvgIpc) is 3.24. The minimum absolute atomic E-state index is 0.0227. The molecule has 0 spiro atoms. The number of hydrogen-bond acceptors (Lipinski definition) is 5. The highest BCUT2D eigenvalue weighted by Crippen LogP contribution is 2.37. The second-order valence-electron chi connectivity index (χ2n) is 10.1. The van der Waals surface area contributed by atoms with Crippen LogP contribution >= 0.6 is 11.6 Å². The summed E-state index contributed by atoms with van der Waals surface area (Å²) in [5.74, 6) is -4.23. The van der Waals surface area contributed by atoms with E-state index in [1.165, 1.54) is 36.3 Å². The topological polar surface area (TPSA) is 92.7 Å². The molecule has 0 saturated carbocycles. The molecular formula is C29H29ClF2N4O4. The molecule has 2 aliphatic rings. The Morgan fingerprint density at radius 1 is 1.07 bits per heavy atom. The molecule has 2 atom stereocenters. The number of pyridine rings is 1. The Morgan fingerprint density at radius 2 is 1.73 bits per heavy atom. The Hall–Kier alpha value is -3.76. The van der Waals surface area contributed by atoms with Crippen molar-refractivity contribution >= 4 is 29.1 Å². The van der Waals surface area contributed by atoms with Crippen LogP contribution < -0.4 is 25.8 Å². The molecule has 3 aromatic rings. The number of benzene rings is 2. The molecule has 0 radical (unpaired) electrons. The minimum atomic E-state index is -1.34. The van der Waals surface area contributed by atoms with Gasteiger partial charge in [-0.3, -0.25) is 14.4 Å². The van der Waals surface area contributed by atoms with Gasteiger partial charge in [-0.05, 0) is 68.8 Å². The molecule has 40 heavy (non-hydrogen) atoms. The smallest absolute Gasteiger partial charge is 0.275 e. The zero-order valence-corrected chi connectivity index (χ0v) is 22.8. The van der Waals surface area contributed by atoms with Gasteiger partial charge in [0.05, 0.1) is 7.11 Å². The molecule has 0 bridgehead atoms. The molecule has 2 aromatic carbocycles. The van der Waals surface area contributed by atoms with E-state index in [0.717, 1.165) is 38.1 Å². The summed E-state index contributed by atoms with van der Waals surface area (Å²) in [4.78, 5) is 42.0. The number of anilines is 1. The van der Waals surface area contributed by atoms with E-state index in [-0.39, 0.29) is 40.7 Å². The van der Waals surface area contributed by atoms with Crippen molar-refractivity contribution in [2.75, 3.05) is 31.6 Å². The second-order valence-corrected chi connectivity index (χ2v) is 10.5. The van der Waals surface area contributed by atoms with Crippen LogP contribution in [0.25, 0.3) is 0 Å². The number of aromatic nitrogens is 1. The first kappa shape index (κ1) is 27.8. The first-order chi connectivity index (χ1) is 19.2. The number of piperidine rings is 1. The average molecular weight is 571 g/mol. The zero-order valence-electron chi connectivity index (χ0n) is 22.0. The number of carbonyl (C=O) groups is 2. The molecule has 2 aliphatic heterocycles. The lowest BCUT2D eigenvalue weighted by atomic mass is 9.92. The fourth-order valence-electron chi connectivity index (χ4n) is 5.54. The van der Waals surface area contributed by atoms with E-state index in [9.17, 15) is 14.4 Å². The Kier molecular flexibility index (Phi) is 7.91. The van der Waals surface area contributed by atoms with Gasteiger partial charge in [0.1, 0.15) is 29.1 Å². The number of hydrogen-bond donors (Lipinski definition) is 2. The maximum absolute atomic E-state index is 15.3. The van der Waals surface area contributed by atoms with Gasteiger partial charge >= 0.3 is 0 Å². The van der Waals surface area contributed by atoms with Crippen molar-refractivity contribution in [1.29, 1.82) is 0 Å². The molecule has 2 saturated heterocycles. The Balaban J connectivity index is 1.57. The molecule has 210 valence electrons. The number of nitrogens with one attached hydrogen (secondary N) is 2. The molecule has 8 nitrogen and oxygen atoms in total. The third-order valence-electron chi connectivity index (χ3n) is 7.63. The number of ether oxygens (including phenoxy) is 1. The standard InChI is InChI=1S/C29H29ClF2N4O4/c1-16-9-12-35(19-7-10-33-11-8-19)29(39)26(16)36-15-21(24-22(31)13-20(40-2)14-23(24)32)25(28(36)38)34-27(37)17-3-5-18(30)6-4-17/h3-6,9,12-14,19,21,25,33H,7-8,10-11,15H2,1-2H3,(H,34,37)/t21-,25?/m0/s1. The summed E-state index contributed by atoms with van der Waals surface area (Å²) in [5.41, 5.74) is 0.162. The molecule has 0 aliphatic carbocycles. The summed E-state index contributed by atoms with van der Waals surface area (Å²) in [6.07, 6.45) is 3.22. The number of rotatable bonds is 6. The quantitative estimate of drug-likeness (QED) is 0.468. The molecular weight excluding hydrogens is 542 g/mol. The molecule has 2 amide bonds. The maximum atomic E-state index is 15.3. The highest BCUT2D eigenvalue weighted by Gasteiger charge is 2.46. The van der Waals surface area contributed by atoms with E-state index in [2.05, 4.69) is 10.6 Å². The molecule has 1 unspecified atom stereocenters. The van der Waals surface area contributed by atoms with Gasteiger partial charge in [-0.2, -0.15) is 0 Å². The predicted octanol–water partition coefficient (Wildman–Crippen LogP) is 3.95. The van der Waals surface area contributed by atoms with Gasteiger partial charge in [-0.25, -0.2) is 8.78 Å². The summed E-state index contributed by atoms with van der Waals surface area (Å²) in [7, 11) is 1.29. The van der Waals surface area contributed by atoms with Crippen LogP contribution in [0.1, 0.15) is 46.3 Å². The first-order valence-electron chi connectivity index (χ1n) is 13.0. The number of methoxy groups -OCH3 is 1. The lowest BCUT2D eigenvalue weighted by Gasteiger charge is -2.27. The second kappa shape index (κ2) is 11.4. The monoisotopic (exact) mass is 570 g/mol. The van der Waals surface area contributed by atoms with E-state index < -0.39 is 35.4 Å². The lowest BCUT2D eigenvalue weighted by molar-refractivity contribution is -0.118. The molecule has 3 heterocycles. The summed E-state index contributed by atoms with van der Waals surface area (Å²) in [6.45, 7) is 3.02. The van der Waals surface area contributed by atoms with Crippen molar-refractivity contribution < 1.29 is 23.1 Å². The number of halogens is 3. The zero-order chi connectivity index (χ0) is 28.6. The van der Waals surface area contributed by atoms with E-state index in [1.807, 2.05) is 0 Å². The normalized spacial score (nSPS) is 19.6. The molecule has 5 rings (SSSR count). The van der Waals surface area contributed by atoms with Gasteiger partial charge in [-0.1, -0.05) is 11.6 Å².